The molecule has 6 heteroatoms. The fraction of sp³-hybridized carbons (Fsp3) is 0.875. The lowest BCUT2D eigenvalue weighted by atomic mass is 10.1. The van der Waals surface area contributed by atoms with E-state index in [1.807, 2.05) is 6.92 Å². The fourth-order valence-corrected chi connectivity index (χ4v) is 1.75. The van der Waals surface area contributed by atoms with Gasteiger partial charge in [0.05, 0.1) is 18.8 Å². The highest BCUT2D eigenvalue weighted by molar-refractivity contribution is 7.86. The average Bonchev–Trinajstić information content (AvgIpc) is 1.96. The molecular weight excluding hydrogens is 206 g/mol. The molecule has 0 radical (unpaired) electrons. The van der Waals surface area contributed by atoms with Gasteiger partial charge in [0.25, 0.3) is 10.1 Å². The number of carbonyl (C=O) groups excluding carboxylic acids is 1. The van der Waals surface area contributed by atoms with E-state index in [-0.39, 0.29) is 6.42 Å². The van der Waals surface area contributed by atoms with E-state index in [4.69, 9.17) is 9.92 Å². The van der Waals surface area contributed by atoms with Crippen LogP contribution in [0.1, 0.15) is 32.6 Å². The predicted molar refractivity (Wildman–Crippen MR) is 53.1 cm³/mol. The van der Waals surface area contributed by atoms with E-state index >= 15 is 0 Å². The van der Waals surface area contributed by atoms with Gasteiger partial charge in [0.1, 0.15) is 0 Å². The lowest BCUT2D eigenvalue weighted by Gasteiger charge is -2.13. The minimum absolute atomic E-state index is 0.0485. The van der Waals surface area contributed by atoms with Crippen LogP contribution in [0.25, 0.3) is 0 Å². The van der Waals surface area contributed by atoms with Crippen molar-refractivity contribution < 1.29 is 17.4 Å². The van der Waals surface area contributed by atoms with Crippen molar-refractivity contribution in [3.63, 3.8) is 0 Å². The van der Waals surface area contributed by atoms with E-state index in [2.05, 4.69) is 0 Å². The molecule has 84 valence electrons. The largest absolute Gasteiger partial charge is 0.370 e. The molecule has 0 aliphatic rings. The zero-order valence-corrected chi connectivity index (χ0v) is 9.34. The minimum atomic E-state index is -3.51. The SMILES string of the molecule is CCCCC(CC(N)=O)OS(C)(=O)=O. The average molecular weight is 223 g/mol. The van der Waals surface area contributed by atoms with E-state index in [0.717, 1.165) is 19.1 Å². The van der Waals surface area contributed by atoms with E-state index < -0.39 is 22.1 Å². The van der Waals surface area contributed by atoms with Crippen LogP contribution < -0.4 is 5.73 Å². The van der Waals surface area contributed by atoms with Gasteiger partial charge in [-0.2, -0.15) is 8.42 Å². The predicted octanol–water partition coefficient (Wildman–Crippen LogP) is 0.397. The molecule has 0 saturated heterocycles. The minimum Gasteiger partial charge on any atom is -0.370 e. The van der Waals surface area contributed by atoms with Crippen LogP contribution in [0.15, 0.2) is 0 Å². The van der Waals surface area contributed by atoms with Crippen LogP contribution in [0, 0.1) is 0 Å². The lowest BCUT2D eigenvalue weighted by Crippen LogP contribution is -2.24. The quantitative estimate of drug-likeness (QED) is 0.633. The highest BCUT2D eigenvalue weighted by Gasteiger charge is 2.17. The first-order valence-electron chi connectivity index (χ1n) is 4.51. The Morgan fingerprint density at radius 3 is 2.43 bits per heavy atom. The molecular formula is C8H17NO4S. The zero-order chi connectivity index (χ0) is 11.2. The number of unbranched alkanes of at least 4 members (excludes halogenated alkanes) is 1. The fourth-order valence-electron chi connectivity index (χ4n) is 1.09. The molecule has 0 bridgehead atoms. The van der Waals surface area contributed by atoms with Crippen LogP contribution >= 0.6 is 0 Å². The van der Waals surface area contributed by atoms with E-state index in [1.54, 1.807) is 0 Å². The Labute approximate surface area is 84.7 Å². The van der Waals surface area contributed by atoms with Gasteiger partial charge in [-0.05, 0) is 6.42 Å². The normalized spacial score (nSPS) is 13.9. The zero-order valence-electron chi connectivity index (χ0n) is 8.52. The van der Waals surface area contributed by atoms with Crippen LogP contribution in [0.3, 0.4) is 0 Å². The van der Waals surface area contributed by atoms with Crippen molar-refractivity contribution in [2.24, 2.45) is 5.73 Å². The third-order valence-corrected chi connectivity index (χ3v) is 2.24. The molecule has 5 nitrogen and oxygen atoms in total. The molecule has 0 heterocycles. The number of hydrogen-bond donors (Lipinski definition) is 1. The number of primary amides is 1. The summed E-state index contributed by atoms with van der Waals surface area (Å²) in [5.74, 6) is -0.547. The number of amides is 1. The van der Waals surface area contributed by atoms with Crippen LogP contribution in [-0.2, 0) is 19.1 Å². The molecule has 1 atom stereocenters. The summed E-state index contributed by atoms with van der Waals surface area (Å²) in [7, 11) is -3.51. The smallest absolute Gasteiger partial charge is 0.264 e. The van der Waals surface area contributed by atoms with Crippen LogP contribution in [0.5, 0.6) is 0 Å². The molecule has 0 aromatic heterocycles. The Morgan fingerprint density at radius 1 is 1.50 bits per heavy atom. The Kier molecular flexibility index (Phi) is 5.71. The molecule has 14 heavy (non-hydrogen) atoms. The molecule has 0 aromatic rings. The molecule has 1 amide bonds. The third-order valence-electron chi connectivity index (χ3n) is 1.62. The highest BCUT2D eigenvalue weighted by Crippen LogP contribution is 2.10. The molecule has 0 saturated carbocycles. The monoisotopic (exact) mass is 223 g/mol. The summed E-state index contributed by atoms with van der Waals surface area (Å²) in [5, 5.41) is 0. The molecule has 2 N–H and O–H groups in total. The van der Waals surface area contributed by atoms with Gasteiger partial charge in [-0.3, -0.25) is 8.98 Å². The second-order valence-corrected chi connectivity index (χ2v) is 4.84. The molecule has 0 aliphatic carbocycles. The van der Waals surface area contributed by atoms with Crippen molar-refractivity contribution in [3.05, 3.63) is 0 Å². The summed E-state index contributed by atoms with van der Waals surface area (Å²) >= 11 is 0. The Balaban J connectivity index is 4.17. The second kappa shape index (κ2) is 5.98. The Bertz CT molecular complexity index is 273. The van der Waals surface area contributed by atoms with Gasteiger partial charge >= 0.3 is 0 Å². The summed E-state index contributed by atoms with van der Waals surface area (Å²) < 4.78 is 26.3. The number of carbonyl (C=O) groups is 1. The standard InChI is InChI=1S/C8H17NO4S/c1-3-4-5-7(6-8(9)10)13-14(2,11)12/h7H,3-6H2,1-2H3,(H2,9,10). The topological polar surface area (TPSA) is 86.5 Å². The van der Waals surface area contributed by atoms with E-state index in [9.17, 15) is 13.2 Å². The first-order chi connectivity index (χ1) is 6.35. The summed E-state index contributed by atoms with van der Waals surface area (Å²) in [5.41, 5.74) is 4.97. The van der Waals surface area contributed by atoms with Crippen molar-refractivity contribution in [1.29, 1.82) is 0 Å². The first-order valence-corrected chi connectivity index (χ1v) is 6.33. The van der Waals surface area contributed by atoms with E-state index in [0.29, 0.717) is 6.42 Å². The van der Waals surface area contributed by atoms with Crippen molar-refractivity contribution in [2.45, 2.75) is 38.7 Å². The summed E-state index contributed by atoms with van der Waals surface area (Å²) in [4.78, 5) is 10.6. The number of rotatable bonds is 7. The van der Waals surface area contributed by atoms with Crippen molar-refractivity contribution in [3.8, 4) is 0 Å². The first kappa shape index (κ1) is 13.4. The van der Waals surface area contributed by atoms with Gasteiger partial charge in [0.2, 0.25) is 5.91 Å². The van der Waals surface area contributed by atoms with Crippen LogP contribution in [0.2, 0.25) is 0 Å². The second-order valence-electron chi connectivity index (χ2n) is 3.24. The van der Waals surface area contributed by atoms with Gasteiger partial charge < -0.3 is 5.73 Å². The van der Waals surface area contributed by atoms with Gasteiger partial charge in [-0.25, -0.2) is 0 Å². The van der Waals surface area contributed by atoms with Crippen molar-refractivity contribution in [2.75, 3.05) is 6.26 Å². The molecule has 1 unspecified atom stereocenters. The molecule has 0 aromatic carbocycles. The maximum atomic E-state index is 10.8. The van der Waals surface area contributed by atoms with Crippen LogP contribution in [-0.4, -0.2) is 26.7 Å². The van der Waals surface area contributed by atoms with E-state index in [1.165, 1.54) is 0 Å². The number of nitrogens with two attached hydrogens (primary N) is 1. The summed E-state index contributed by atoms with van der Waals surface area (Å²) in [6.07, 6.45) is 2.57. The maximum absolute atomic E-state index is 10.8. The molecule has 0 aliphatic heterocycles. The Hall–Kier alpha value is -0.620. The summed E-state index contributed by atoms with van der Waals surface area (Å²) in [6.45, 7) is 1.97. The Morgan fingerprint density at radius 2 is 2.07 bits per heavy atom. The molecule has 0 fully saturated rings. The summed E-state index contributed by atoms with van der Waals surface area (Å²) in [6, 6.07) is 0. The van der Waals surface area contributed by atoms with Gasteiger partial charge in [0, 0.05) is 0 Å². The molecule has 0 rings (SSSR count). The number of hydrogen-bond acceptors (Lipinski definition) is 4. The van der Waals surface area contributed by atoms with Gasteiger partial charge in [-0.15, -0.1) is 0 Å². The highest BCUT2D eigenvalue weighted by atomic mass is 32.2. The third kappa shape index (κ3) is 8.00. The van der Waals surface area contributed by atoms with Crippen molar-refractivity contribution >= 4 is 16.0 Å². The maximum Gasteiger partial charge on any atom is 0.264 e. The molecule has 0 spiro atoms. The van der Waals surface area contributed by atoms with Crippen LogP contribution in [0.4, 0.5) is 0 Å². The lowest BCUT2D eigenvalue weighted by molar-refractivity contribution is -0.119. The van der Waals surface area contributed by atoms with Gasteiger partial charge in [-0.1, -0.05) is 19.8 Å². The van der Waals surface area contributed by atoms with Crippen molar-refractivity contribution in [1.82, 2.24) is 0 Å². The van der Waals surface area contributed by atoms with Gasteiger partial charge in [0.15, 0.2) is 0 Å².